The highest BCUT2D eigenvalue weighted by molar-refractivity contribution is 6.31. The molecule has 0 bridgehead atoms. The zero-order chi connectivity index (χ0) is 24.5. The van der Waals surface area contributed by atoms with Gasteiger partial charge in [-0.3, -0.25) is 14.3 Å². The lowest BCUT2D eigenvalue weighted by Crippen LogP contribution is -2.26. The molecule has 2 aromatic heterocycles. The Bertz CT molecular complexity index is 1470. The van der Waals surface area contributed by atoms with Crippen molar-refractivity contribution in [1.29, 1.82) is 0 Å². The van der Waals surface area contributed by atoms with Gasteiger partial charge in [-0.25, -0.2) is 9.97 Å². The fraction of sp³-hybridized carbons (Fsp3) is 0.208. The van der Waals surface area contributed by atoms with Gasteiger partial charge in [-0.15, -0.1) is 0 Å². The number of carbonyl (C=O) groups excluding carboxylic acids is 2. The molecule has 0 saturated carbocycles. The van der Waals surface area contributed by atoms with E-state index in [0.29, 0.717) is 39.9 Å². The molecule has 11 heteroatoms. The van der Waals surface area contributed by atoms with Gasteiger partial charge in [-0.1, -0.05) is 29.8 Å². The first kappa shape index (κ1) is 22.6. The molecule has 0 aliphatic carbocycles. The van der Waals surface area contributed by atoms with E-state index in [4.69, 9.17) is 16.3 Å². The first-order valence-corrected chi connectivity index (χ1v) is 11.3. The van der Waals surface area contributed by atoms with Crippen molar-refractivity contribution in [3.8, 4) is 5.75 Å². The SMILES string of the molecule is Cc1ccc(CNc2nn(C)c3c(C(=O)NCc4ccc5c(c4)NC(=O)CO5)ncnc23)cc1Cl. The van der Waals surface area contributed by atoms with Gasteiger partial charge in [0.05, 0.1) is 5.69 Å². The van der Waals surface area contributed by atoms with Crippen LogP contribution in [0, 0.1) is 6.92 Å². The molecule has 1 aliphatic heterocycles. The average molecular weight is 492 g/mol. The molecular formula is C24H22ClN7O3. The molecule has 0 atom stereocenters. The van der Waals surface area contributed by atoms with Gasteiger partial charge in [0, 0.05) is 25.2 Å². The van der Waals surface area contributed by atoms with Crippen LogP contribution in [0.25, 0.3) is 11.0 Å². The van der Waals surface area contributed by atoms with E-state index in [0.717, 1.165) is 16.7 Å². The lowest BCUT2D eigenvalue weighted by molar-refractivity contribution is -0.118. The topological polar surface area (TPSA) is 123 Å². The van der Waals surface area contributed by atoms with Crippen LogP contribution in [0.5, 0.6) is 5.75 Å². The number of hydrogen-bond acceptors (Lipinski definition) is 7. The molecule has 0 unspecified atom stereocenters. The highest BCUT2D eigenvalue weighted by atomic mass is 35.5. The van der Waals surface area contributed by atoms with Crippen LogP contribution >= 0.6 is 11.6 Å². The Morgan fingerprint density at radius 1 is 1.17 bits per heavy atom. The molecule has 3 heterocycles. The minimum Gasteiger partial charge on any atom is -0.482 e. The standard InChI is InChI=1S/C24H22ClN7O3/c1-13-3-4-14(7-16(13)25)9-26-23-20-22(32(2)31-23)21(29-12-28-20)24(34)27-10-15-5-6-18-17(8-15)30-19(33)11-35-18/h3-8,12H,9-11H2,1-2H3,(H,26,31)(H,27,34)(H,30,33). The molecule has 178 valence electrons. The highest BCUT2D eigenvalue weighted by Crippen LogP contribution is 2.28. The zero-order valence-electron chi connectivity index (χ0n) is 19.1. The van der Waals surface area contributed by atoms with E-state index in [9.17, 15) is 9.59 Å². The Morgan fingerprint density at radius 3 is 2.80 bits per heavy atom. The number of carbonyl (C=O) groups is 2. The molecule has 0 spiro atoms. The number of halogens is 1. The Hall–Kier alpha value is -4.18. The van der Waals surface area contributed by atoms with Gasteiger partial charge in [0.1, 0.15) is 23.1 Å². The number of anilines is 2. The first-order chi connectivity index (χ1) is 16.9. The number of rotatable bonds is 6. The van der Waals surface area contributed by atoms with Gasteiger partial charge in [0.2, 0.25) is 0 Å². The second-order valence-corrected chi connectivity index (χ2v) is 8.59. The number of ether oxygens (including phenoxy) is 1. The number of hydrogen-bond donors (Lipinski definition) is 3. The number of nitrogens with one attached hydrogen (secondary N) is 3. The molecule has 1 aliphatic rings. The average Bonchev–Trinajstić information content (AvgIpc) is 3.18. The number of benzene rings is 2. The number of aryl methyl sites for hydroxylation is 2. The largest absolute Gasteiger partial charge is 0.482 e. The molecule has 10 nitrogen and oxygen atoms in total. The van der Waals surface area contributed by atoms with Gasteiger partial charge in [0.25, 0.3) is 11.8 Å². The van der Waals surface area contributed by atoms with Gasteiger partial charge >= 0.3 is 0 Å². The summed E-state index contributed by atoms with van der Waals surface area (Å²) in [5, 5.41) is 14.1. The van der Waals surface area contributed by atoms with E-state index < -0.39 is 0 Å². The lowest BCUT2D eigenvalue weighted by Gasteiger charge is -2.18. The normalized spacial score (nSPS) is 12.6. The molecule has 35 heavy (non-hydrogen) atoms. The summed E-state index contributed by atoms with van der Waals surface area (Å²) in [7, 11) is 1.74. The molecule has 0 radical (unpaired) electrons. The molecular weight excluding hydrogens is 470 g/mol. The van der Waals surface area contributed by atoms with Crippen LogP contribution in [-0.4, -0.2) is 38.2 Å². The predicted molar refractivity (Wildman–Crippen MR) is 132 cm³/mol. The van der Waals surface area contributed by atoms with E-state index in [1.165, 1.54) is 6.33 Å². The molecule has 4 aromatic rings. The molecule has 0 saturated heterocycles. The zero-order valence-corrected chi connectivity index (χ0v) is 19.8. The van der Waals surface area contributed by atoms with Crippen LogP contribution in [-0.2, 0) is 24.9 Å². The monoisotopic (exact) mass is 491 g/mol. The van der Waals surface area contributed by atoms with Crippen molar-refractivity contribution in [3.63, 3.8) is 0 Å². The van der Waals surface area contributed by atoms with E-state index in [1.54, 1.807) is 23.9 Å². The summed E-state index contributed by atoms with van der Waals surface area (Å²) >= 11 is 6.23. The maximum Gasteiger partial charge on any atom is 0.272 e. The smallest absolute Gasteiger partial charge is 0.272 e. The van der Waals surface area contributed by atoms with Crippen molar-refractivity contribution in [3.05, 3.63) is 70.1 Å². The summed E-state index contributed by atoms with van der Waals surface area (Å²) in [6.45, 7) is 2.68. The highest BCUT2D eigenvalue weighted by Gasteiger charge is 2.20. The van der Waals surface area contributed by atoms with E-state index in [2.05, 4.69) is 31.0 Å². The molecule has 2 amide bonds. The Balaban J connectivity index is 1.32. The third-order valence-electron chi connectivity index (χ3n) is 5.66. The minimum absolute atomic E-state index is 0.00684. The molecule has 2 aromatic carbocycles. The molecule has 3 N–H and O–H groups in total. The van der Waals surface area contributed by atoms with Crippen LogP contribution < -0.4 is 20.7 Å². The number of amides is 2. The van der Waals surface area contributed by atoms with E-state index >= 15 is 0 Å². The van der Waals surface area contributed by atoms with E-state index in [1.807, 2.05) is 31.2 Å². The summed E-state index contributed by atoms with van der Waals surface area (Å²) in [6, 6.07) is 11.2. The van der Waals surface area contributed by atoms with Crippen LogP contribution in [0.15, 0.2) is 42.7 Å². The molecule has 5 rings (SSSR count). The second kappa shape index (κ2) is 9.22. The van der Waals surface area contributed by atoms with Crippen molar-refractivity contribution >= 4 is 46.0 Å². The summed E-state index contributed by atoms with van der Waals surface area (Å²) in [5.74, 6) is 0.560. The van der Waals surface area contributed by atoms with Crippen molar-refractivity contribution in [2.75, 3.05) is 17.2 Å². The summed E-state index contributed by atoms with van der Waals surface area (Å²) < 4.78 is 6.95. The van der Waals surface area contributed by atoms with Gasteiger partial charge < -0.3 is 20.7 Å². The third kappa shape index (κ3) is 4.60. The quantitative estimate of drug-likeness (QED) is 0.378. The maximum atomic E-state index is 13.0. The van der Waals surface area contributed by atoms with Crippen molar-refractivity contribution in [2.45, 2.75) is 20.0 Å². The fourth-order valence-electron chi connectivity index (χ4n) is 3.83. The van der Waals surface area contributed by atoms with Gasteiger partial charge in [0.15, 0.2) is 18.1 Å². The predicted octanol–water partition coefficient (Wildman–Crippen LogP) is 3.20. The van der Waals surface area contributed by atoms with Crippen molar-refractivity contribution < 1.29 is 14.3 Å². The number of nitrogens with zero attached hydrogens (tertiary/aromatic N) is 4. The Kier molecular flexibility index (Phi) is 5.96. The van der Waals surface area contributed by atoms with Crippen LogP contribution in [0.3, 0.4) is 0 Å². The Morgan fingerprint density at radius 2 is 1.97 bits per heavy atom. The second-order valence-electron chi connectivity index (χ2n) is 8.18. The number of aromatic nitrogens is 4. The summed E-state index contributed by atoms with van der Waals surface area (Å²) in [4.78, 5) is 33.1. The van der Waals surface area contributed by atoms with Gasteiger partial charge in [-0.2, -0.15) is 5.10 Å². The summed E-state index contributed by atoms with van der Waals surface area (Å²) in [6.07, 6.45) is 1.35. The van der Waals surface area contributed by atoms with Crippen LogP contribution in [0.2, 0.25) is 5.02 Å². The first-order valence-electron chi connectivity index (χ1n) is 10.9. The summed E-state index contributed by atoms with van der Waals surface area (Å²) in [5.41, 5.74) is 4.66. The van der Waals surface area contributed by atoms with Crippen LogP contribution in [0.1, 0.15) is 27.2 Å². The number of fused-ring (bicyclic) bond motifs is 2. The Labute approximate surface area is 205 Å². The fourth-order valence-corrected chi connectivity index (χ4v) is 4.03. The third-order valence-corrected chi connectivity index (χ3v) is 6.07. The van der Waals surface area contributed by atoms with E-state index in [-0.39, 0.29) is 30.7 Å². The minimum atomic E-state index is -0.365. The lowest BCUT2D eigenvalue weighted by atomic mass is 10.1. The van der Waals surface area contributed by atoms with Crippen LogP contribution in [0.4, 0.5) is 11.5 Å². The van der Waals surface area contributed by atoms with Crippen molar-refractivity contribution in [1.82, 2.24) is 25.1 Å². The molecule has 0 fully saturated rings. The van der Waals surface area contributed by atoms with Crippen molar-refractivity contribution in [2.24, 2.45) is 7.05 Å². The maximum absolute atomic E-state index is 13.0. The van der Waals surface area contributed by atoms with Gasteiger partial charge in [-0.05, 0) is 41.8 Å².